The van der Waals surface area contributed by atoms with Crippen molar-refractivity contribution in [2.75, 3.05) is 14.2 Å². The number of hydrogen-bond acceptors (Lipinski definition) is 6. The van der Waals surface area contributed by atoms with Gasteiger partial charge in [-0.3, -0.25) is 19.1 Å². The number of ether oxygens (including phenoxy) is 2. The Hall–Kier alpha value is -3.42. The molecule has 0 aliphatic rings. The molecule has 0 saturated heterocycles. The van der Waals surface area contributed by atoms with Crippen molar-refractivity contribution in [3.05, 3.63) is 58.9 Å². The summed E-state index contributed by atoms with van der Waals surface area (Å²) in [5, 5.41) is 3.08. The van der Waals surface area contributed by atoms with E-state index >= 15 is 0 Å². The molecular formula is C18H18N4O4. The molecule has 0 fully saturated rings. The van der Waals surface area contributed by atoms with Crippen LogP contribution in [0.25, 0.3) is 10.9 Å². The molecule has 2 aromatic heterocycles. The molecule has 1 N–H and O–H groups in total. The van der Waals surface area contributed by atoms with Crippen molar-refractivity contribution in [2.45, 2.75) is 13.1 Å². The minimum absolute atomic E-state index is 0.136. The standard InChI is InChI=1S/C18H18N4O4/c1-25-15-7-13-14(8-16(15)26-2)21-11-22(18(13)24)10-17(23)20-9-12-5-3-4-6-19-12/h3-8,11H,9-10H2,1-2H3,(H,20,23). The fraction of sp³-hybridized carbons (Fsp3) is 0.222. The van der Waals surface area contributed by atoms with Crippen molar-refractivity contribution in [2.24, 2.45) is 0 Å². The molecule has 0 aliphatic heterocycles. The van der Waals surface area contributed by atoms with Crippen LogP contribution in [0.3, 0.4) is 0 Å². The first-order valence-electron chi connectivity index (χ1n) is 7.90. The molecule has 3 rings (SSSR count). The first-order chi connectivity index (χ1) is 12.6. The molecular weight excluding hydrogens is 336 g/mol. The first-order valence-corrected chi connectivity index (χ1v) is 7.90. The minimum Gasteiger partial charge on any atom is -0.493 e. The summed E-state index contributed by atoms with van der Waals surface area (Å²) in [4.78, 5) is 33.1. The topological polar surface area (TPSA) is 95.3 Å². The van der Waals surface area contributed by atoms with Crippen LogP contribution in [0.15, 0.2) is 47.7 Å². The zero-order valence-electron chi connectivity index (χ0n) is 14.4. The average molecular weight is 354 g/mol. The lowest BCUT2D eigenvalue weighted by molar-refractivity contribution is -0.121. The molecule has 0 spiro atoms. The zero-order valence-corrected chi connectivity index (χ0v) is 14.4. The SMILES string of the molecule is COc1cc2ncn(CC(=O)NCc3ccccn3)c(=O)c2cc1OC. The number of carbonyl (C=O) groups excluding carboxylic acids is 1. The zero-order chi connectivity index (χ0) is 18.5. The van der Waals surface area contributed by atoms with E-state index in [-0.39, 0.29) is 18.0 Å². The van der Waals surface area contributed by atoms with Crippen molar-refractivity contribution in [3.8, 4) is 11.5 Å². The van der Waals surface area contributed by atoms with Gasteiger partial charge in [0.25, 0.3) is 5.56 Å². The Morgan fingerprint density at radius 1 is 1.15 bits per heavy atom. The lowest BCUT2D eigenvalue weighted by Crippen LogP contribution is -2.32. The van der Waals surface area contributed by atoms with Crippen LogP contribution in [0.1, 0.15) is 5.69 Å². The minimum atomic E-state index is -0.330. The molecule has 0 radical (unpaired) electrons. The number of pyridine rings is 1. The molecule has 3 aromatic rings. The summed E-state index contributed by atoms with van der Waals surface area (Å²) >= 11 is 0. The molecule has 134 valence electrons. The van der Waals surface area contributed by atoms with Gasteiger partial charge in [0.2, 0.25) is 5.91 Å². The number of nitrogens with zero attached hydrogens (tertiary/aromatic N) is 3. The number of fused-ring (bicyclic) bond motifs is 1. The Bertz CT molecular complexity index is 986. The van der Waals surface area contributed by atoms with Crippen molar-refractivity contribution < 1.29 is 14.3 Å². The number of aromatic nitrogens is 3. The average Bonchev–Trinajstić information content (AvgIpc) is 2.68. The molecule has 2 heterocycles. The molecule has 1 amide bonds. The maximum Gasteiger partial charge on any atom is 0.261 e. The number of rotatable bonds is 6. The molecule has 1 aromatic carbocycles. The highest BCUT2D eigenvalue weighted by Crippen LogP contribution is 2.29. The van der Waals surface area contributed by atoms with E-state index in [2.05, 4.69) is 15.3 Å². The molecule has 8 heteroatoms. The van der Waals surface area contributed by atoms with E-state index in [0.717, 1.165) is 5.69 Å². The highest BCUT2D eigenvalue weighted by Gasteiger charge is 2.12. The molecule has 0 aliphatic carbocycles. The van der Waals surface area contributed by atoms with Gasteiger partial charge in [0.05, 0.1) is 43.7 Å². The highest BCUT2D eigenvalue weighted by molar-refractivity contribution is 5.82. The Morgan fingerprint density at radius 2 is 1.92 bits per heavy atom. The maximum absolute atomic E-state index is 12.6. The van der Waals surface area contributed by atoms with Crippen LogP contribution in [0, 0.1) is 0 Å². The van der Waals surface area contributed by atoms with Crippen LogP contribution < -0.4 is 20.3 Å². The van der Waals surface area contributed by atoms with E-state index in [1.807, 2.05) is 12.1 Å². The van der Waals surface area contributed by atoms with E-state index in [1.54, 1.807) is 24.4 Å². The van der Waals surface area contributed by atoms with Crippen LogP contribution in [0.5, 0.6) is 11.5 Å². The lowest BCUT2D eigenvalue weighted by Gasteiger charge is -2.10. The summed E-state index contributed by atoms with van der Waals surface area (Å²) < 4.78 is 11.7. The second-order valence-electron chi connectivity index (χ2n) is 5.50. The summed E-state index contributed by atoms with van der Waals surface area (Å²) in [6.45, 7) is 0.156. The predicted octanol–water partition coefficient (Wildman–Crippen LogP) is 1.13. The van der Waals surface area contributed by atoms with Crippen molar-refractivity contribution in [1.82, 2.24) is 19.9 Å². The van der Waals surface area contributed by atoms with Crippen molar-refractivity contribution >= 4 is 16.8 Å². The molecule has 0 saturated carbocycles. The third kappa shape index (κ3) is 3.64. The number of benzene rings is 1. The third-order valence-electron chi connectivity index (χ3n) is 3.84. The summed E-state index contributed by atoms with van der Waals surface area (Å²) in [6, 6.07) is 8.64. The summed E-state index contributed by atoms with van der Waals surface area (Å²) in [5.41, 5.74) is 0.878. The molecule has 26 heavy (non-hydrogen) atoms. The van der Waals surface area contributed by atoms with Crippen LogP contribution in [-0.4, -0.2) is 34.7 Å². The van der Waals surface area contributed by atoms with Crippen LogP contribution in [-0.2, 0) is 17.9 Å². The van der Waals surface area contributed by atoms with Crippen LogP contribution in [0.4, 0.5) is 0 Å². The molecule has 0 bridgehead atoms. The Kier molecular flexibility index (Phi) is 5.12. The van der Waals surface area contributed by atoms with Gasteiger partial charge in [-0.1, -0.05) is 6.07 Å². The van der Waals surface area contributed by atoms with E-state index < -0.39 is 0 Å². The smallest absolute Gasteiger partial charge is 0.261 e. The second kappa shape index (κ2) is 7.64. The van der Waals surface area contributed by atoms with E-state index in [1.165, 1.54) is 25.1 Å². The summed E-state index contributed by atoms with van der Waals surface area (Å²) in [5.74, 6) is 0.605. The van der Waals surface area contributed by atoms with Crippen molar-refractivity contribution in [1.29, 1.82) is 0 Å². The van der Waals surface area contributed by atoms with Gasteiger partial charge in [0, 0.05) is 12.3 Å². The molecule has 0 unspecified atom stereocenters. The van der Waals surface area contributed by atoms with E-state index in [9.17, 15) is 9.59 Å². The van der Waals surface area contributed by atoms with Gasteiger partial charge in [-0.15, -0.1) is 0 Å². The van der Waals surface area contributed by atoms with Gasteiger partial charge < -0.3 is 14.8 Å². The fourth-order valence-electron chi connectivity index (χ4n) is 2.50. The number of hydrogen-bond donors (Lipinski definition) is 1. The Labute approximate surface area is 149 Å². The second-order valence-corrected chi connectivity index (χ2v) is 5.50. The molecule has 8 nitrogen and oxygen atoms in total. The fourth-order valence-corrected chi connectivity index (χ4v) is 2.50. The first kappa shape index (κ1) is 17.4. The largest absolute Gasteiger partial charge is 0.493 e. The number of amides is 1. The van der Waals surface area contributed by atoms with E-state index in [4.69, 9.17) is 9.47 Å². The predicted molar refractivity (Wildman–Crippen MR) is 95.2 cm³/mol. The van der Waals surface area contributed by atoms with Gasteiger partial charge in [-0.25, -0.2) is 4.98 Å². The van der Waals surface area contributed by atoms with Crippen LogP contribution >= 0.6 is 0 Å². The quantitative estimate of drug-likeness (QED) is 0.713. The van der Waals surface area contributed by atoms with Gasteiger partial charge in [-0.2, -0.15) is 0 Å². The van der Waals surface area contributed by atoms with Crippen LogP contribution in [0.2, 0.25) is 0 Å². The normalized spacial score (nSPS) is 10.5. The highest BCUT2D eigenvalue weighted by atomic mass is 16.5. The number of carbonyl (C=O) groups is 1. The Balaban J connectivity index is 1.80. The summed E-state index contributed by atoms with van der Waals surface area (Å²) in [7, 11) is 3.00. The lowest BCUT2D eigenvalue weighted by atomic mass is 10.2. The number of methoxy groups -OCH3 is 2. The Morgan fingerprint density at radius 3 is 2.62 bits per heavy atom. The molecule has 0 atom stereocenters. The van der Waals surface area contributed by atoms with Gasteiger partial charge >= 0.3 is 0 Å². The number of nitrogens with one attached hydrogen (secondary N) is 1. The third-order valence-corrected chi connectivity index (χ3v) is 3.84. The van der Waals surface area contributed by atoms with Gasteiger partial charge in [-0.05, 0) is 18.2 Å². The monoisotopic (exact) mass is 354 g/mol. The summed E-state index contributed by atoms with van der Waals surface area (Å²) in [6.07, 6.45) is 3.00. The maximum atomic E-state index is 12.6. The van der Waals surface area contributed by atoms with E-state index in [0.29, 0.717) is 28.9 Å². The van der Waals surface area contributed by atoms with Gasteiger partial charge in [0.1, 0.15) is 6.54 Å². The van der Waals surface area contributed by atoms with Crippen molar-refractivity contribution in [3.63, 3.8) is 0 Å². The van der Waals surface area contributed by atoms with Gasteiger partial charge in [0.15, 0.2) is 11.5 Å².